The number of hydrogen-bond donors (Lipinski definition) is 2. The Balaban J connectivity index is 1.29. The van der Waals surface area contributed by atoms with Gasteiger partial charge in [-0.3, -0.25) is 4.90 Å². The molecular weight excluding hydrogens is 490 g/mol. The molecule has 2 aliphatic heterocycles. The van der Waals surface area contributed by atoms with E-state index in [0.29, 0.717) is 25.7 Å². The Morgan fingerprint density at radius 1 is 1.11 bits per heavy atom. The molecule has 2 aromatic rings. The number of hydrogen-bond acceptors (Lipinski definition) is 5. The number of imidazole rings is 1. The van der Waals surface area contributed by atoms with Crippen molar-refractivity contribution < 1.29 is 36.2 Å². The van der Waals surface area contributed by atoms with Crippen LogP contribution >= 0.6 is 0 Å². The average Bonchev–Trinajstić information content (AvgIpc) is 3.10. The zero-order valence-corrected chi connectivity index (χ0v) is 20.0. The highest BCUT2D eigenvalue weighted by molar-refractivity contribution is 5.82. The largest absolute Gasteiger partial charge is 0.492 e. The first-order valence-electron chi connectivity index (χ1n) is 12.2. The maximum Gasteiger partial charge on any atom is 0.418 e. The maximum absolute atomic E-state index is 14.0. The monoisotopic (exact) mass is 520 g/mol. The van der Waals surface area contributed by atoms with Crippen molar-refractivity contribution in [2.45, 2.75) is 81.7 Å². The molecular formula is C24H30F6N4O2. The van der Waals surface area contributed by atoms with Crippen LogP contribution in [-0.4, -0.2) is 69.2 Å². The summed E-state index contributed by atoms with van der Waals surface area (Å²) in [5.74, 6) is -1.26. The van der Waals surface area contributed by atoms with Crippen LogP contribution in [0.5, 0.6) is 5.75 Å². The average molecular weight is 521 g/mol. The minimum absolute atomic E-state index is 0.0147. The summed E-state index contributed by atoms with van der Waals surface area (Å²) in [4.78, 5) is 6.01. The highest BCUT2D eigenvalue weighted by atomic mass is 19.4. The van der Waals surface area contributed by atoms with Crippen LogP contribution in [-0.2, 0) is 6.18 Å². The predicted molar refractivity (Wildman–Crippen MR) is 120 cm³/mol. The number of nitrogens with zero attached hydrogens (tertiary/aromatic N) is 3. The molecule has 1 aliphatic carbocycles. The number of rotatable bonds is 5. The van der Waals surface area contributed by atoms with Crippen molar-refractivity contribution >= 4 is 11.0 Å². The Morgan fingerprint density at radius 2 is 1.81 bits per heavy atom. The SMILES string of the molecule is CC1CC(N2CC(C(F)(F)F)C2)CC(COc2cc(C(F)(F)F)c3c(c2)ncn3C2CC(C)(O)C2)N1. The quantitative estimate of drug-likeness (QED) is 0.568. The number of alkyl halides is 6. The normalized spacial score (nSPS) is 32.4. The number of ether oxygens (including phenoxy) is 1. The Morgan fingerprint density at radius 3 is 2.42 bits per heavy atom. The topological polar surface area (TPSA) is 62.5 Å². The zero-order chi connectivity index (χ0) is 26.0. The summed E-state index contributed by atoms with van der Waals surface area (Å²) in [6.07, 6.45) is -5.48. The van der Waals surface area contributed by atoms with Gasteiger partial charge in [0.2, 0.25) is 0 Å². The van der Waals surface area contributed by atoms with Crippen LogP contribution in [0.15, 0.2) is 18.5 Å². The second-order valence-electron chi connectivity index (χ2n) is 10.9. The van der Waals surface area contributed by atoms with E-state index in [1.807, 2.05) is 11.8 Å². The summed E-state index contributed by atoms with van der Waals surface area (Å²) in [5, 5.41) is 13.4. The van der Waals surface area contributed by atoms with E-state index in [9.17, 15) is 31.4 Å². The van der Waals surface area contributed by atoms with E-state index >= 15 is 0 Å². The van der Waals surface area contributed by atoms with Gasteiger partial charge in [-0.2, -0.15) is 26.3 Å². The number of likely N-dealkylation sites (tertiary alicyclic amines) is 1. The smallest absolute Gasteiger partial charge is 0.418 e. The van der Waals surface area contributed by atoms with Crippen LogP contribution in [0.25, 0.3) is 11.0 Å². The molecule has 3 unspecified atom stereocenters. The molecule has 200 valence electrons. The molecule has 3 heterocycles. The summed E-state index contributed by atoms with van der Waals surface area (Å²) in [5.41, 5.74) is -1.61. The second kappa shape index (κ2) is 8.76. The fraction of sp³-hybridized carbons (Fsp3) is 0.708. The van der Waals surface area contributed by atoms with Crippen molar-refractivity contribution in [3.05, 3.63) is 24.0 Å². The van der Waals surface area contributed by atoms with Crippen LogP contribution in [0.1, 0.15) is 51.1 Å². The van der Waals surface area contributed by atoms with Crippen molar-refractivity contribution in [1.29, 1.82) is 0 Å². The number of benzene rings is 1. The second-order valence-corrected chi connectivity index (χ2v) is 10.9. The molecule has 6 nitrogen and oxygen atoms in total. The summed E-state index contributed by atoms with van der Waals surface area (Å²) >= 11 is 0. The molecule has 12 heteroatoms. The van der Waals surface area contributed by atoms with E-state index in [2.05, 4.69) is 10.3 Å². The van der Waals surface area contributed by atoms with Crippen molar-refractivity contribution in [1.82, 2.24) is 19.8 Å². The van der Waals surface area contributed by atoms with Gasteiger partial charge in [0, 0.05) is 43.3 Å². The first-order chi connectivity index (χ1) is 16.7. The van der Waals surface area contributed by atoms with Crippen LogP contribution < -0.4 is 10.1 Å². The lowest BCUT2D eigenvalue weighted by atomic mass is 9.77. The number of piperidine rings is 1. The molecule has 0 bridgehead atoms. The molecule has 2 saturated heterocycles. The van der Waals surface area contributed by atoms with Crippen LogP contribution in [0.3, 0.4) is 0 Å². The number of halogens is 6. The fourth-order valence-corrected chi connectivity index (χ4v) is 5.87. The van der Waals surface area contributed by atoms with E-state index in [1.165, 1.54) is 17.0 Å². The van der Waals surface area contributed by atoms with Gasteiger partial charge < -0.3 is 19.7 Å². The molecule has 3 fully saturated rings. The van der Waals surface area contributed by atoms with Gasteiger partial charge >= 0.3 is 12.4 Å². The van der Waals surface area contributed by atoms with E-state index in [1.54, 1.807) is 6.92 Å². The standard InChI is InChI=1S/C24H30F6N4O2/c1-13-3-16(33-9-14(10-33)23(25,26)27)4-15(32-13)11-36-18-5-19(24(28,29)30)21-20(6-18)31-12-34(21)17-7-22(2,35)8-17/h5-6,12-17,32,35H,3-4,7-11H2,1-2H3. The van der Waals surface area contributed by atoms with Crippen molar-refractivity contribution in [2.24, 2.45) is 5.92 Å². The molecule has 0 radical (unpaired) electrons. The van der Waals surface area contributed by atoms with Gasteiger partial charge in [0.05, 0.1) is 34.4 Å². The minimum atomic E-state index is -4.63. The molecule has 3 atom stereocenters. The van der Waals surface area contributed by atoms with E-state index < -0.39 is 29.4 Å². The lowest BCUT2D eigenvalue weighted by Gasteiger charge is -2.48. The highest BCUT2D eigenvalue weighted by Gasteiger charge is 2.49. The van der Waals surface area contributed by atoms with Gasteiger partial charge in [0.25, 0.3) is 0 Å². The molecule has 1 aromatic carbocycles. The Bertz CT molecular complexity index is 1100. The molecule has 2 N–H and O–H groups in total. The molecule has 1 saturated carbocycles. The van der Waals surface area contributed by atoms with Crippen LogP contribution in [0.4, 0.5) is 26.3 Å². The first-order valence-corrected chi connectivity index (χ1v) is 12.2. The Kier molecular flexibility index (Phi) is 6.23. The molecule has 3 aliphatic rings. The van der Waals surface area contributed by atoms with E-state index in [4.69, 9.17) is 4.74 Å². The van der Waals surface area contributed by atoms with Gasteiger partial charge in [-0.1, -0.05) is 0 Å². The Labute approximate surface area is 204 Å². The van der Waals surface area contributed by atoms with Crippen molar-refractivity contribution in [3.8, 4) is 5.75 Å². The minimum Gasteiger partial charge on any atom is -0.492 e. The predicted octanol–water partition coefficient (Wildman–Crippen LogP) is 4.52. The molecule has 5 rings (SSSR count). The van der Waals surface area contributed by atoms with Gasteiger partial charge in [0.15, 0.2) is 0 Å². The molecule has 36 heavy (non-hydrogen) atoms. The number of nitrogens with one attached hydrogen (secondary N) is 1. The first kappa shape index (κ1) is 25.6. The Hall–Kier alpha value is -2.05. The maximum atomic E-state index is 14.0. The zero-order valence-electron chi connectivity index (χ0n) is 20.0. The summed E-state index contributed by atoms with van der Waals surface area (Å²) in [6.45, 7) is 3.66. The van der Waals surface area contributed by atoms with Gasteiger partial charge in [-0.15, -0.1) is 0 Å². The van der Waals surface area contributed by atoms with Crippen molar-refractivity contribution in [2.75, 3.05) is 19.7 Å². The number of aromatic nitrogens is 2. The van der Waals surface area contributed by atoms with Gasteiger partial charge in [-0.05, 0) is 45.6 Å². The summed E-state index contributed by atoms with van der Waals surface area (Å²) in [6, 6.07) is 2.00. The molecule has 0 spiro atoms. The van der Waals surface area contributed by atoms with Crippen LogP contribution in [0.2, 0.25) is 0 Å². The summed E-state index contributed by atoms with van der Waals surface area (Å²) < 4.78 is 87.9. The third-order valence-electron chi connectivity index (χ3n) is 7.74. The third-order valence-corrected chi connectivity index (χ3v) is 7.74. The van der Waals surface area contributed by atoms with Gasteiger partial charge in [-0.25, -0.2) is 4.98 Å². The lowest BCUT2D eigenvalue weighted by molar-refractivity contribution is -0.215. The molecule has 0 amide bonds. The van der Waals surface area contributed by atoms with E-state index in [-0.39, 0.29) is 60.6 Å². The van der Waals surface area contributed by atoms with Crippen molar-refractivity contribution in [3.63, 3.8) is 0 Å². The number of aliphatic hydroxyl groups is 1. The van der Waals surface area contributed by atoms with E-state index in [0.717, 1.165) is 6.07 Å². The summed E-state index contributed by atoms with van der Waals surface area (Å²) in [7, 11) is 0. The number of fused-ring (bicyclic) bond motifs is 1. The molecule has 1 aromatic heterocycles. The fourth-order valence-electron chi connectivity index (χ4n) is 5.87. The van der Waals surface area contributed by atoms with Crippen LogP contribution in [0, 0.1) is 5.92 Å². The third kappa shape index (κ3) is 5.04. The lowest BCUT2D eigenvalue weighted by Crippen LogP contribution is -2.61. The highest BCUT2D eigenvalue weighted by Crippen LogP contribution is 2.45. The van der Waals surface area contributed by atoms with Gasteiger partial charge in [0.1, 0.15) is 12.4 Å².